The molecule has 0 spiro atoms. The van der Waals surface area contributed by atoms with Gasteiger partial charge in [0, 0.05) is 44.6 Å². The van der Waals surface area contributed by atoms with E-state index in [1.54, 1.807) is 23.3 Å². The summed E-state index contributed by atoms with van der Waals surface area (Å²) in [7, 11) is -3.38. The minimum Gasteiger partial charge on any atom is -0.368 e. The highest BCUT2D eigenvalue weighted by Gasteiger charge is 2.28. The number of piperazine rings is 1. The Balaban J connectivity index is 1.42. The Morgan fingerprint density at radius 3 is 2.42 bits per heavy atom. The van der Waals surface area contributed by atoms with Crippen molar-refractivity contribution in [2.75, 3.05) is 43.4 Å². The Bertz CT molecular complexity index is 898. The van der Waals surface area contributed by atoms with E-state index in [1.165, 1.54) is 5.69 Å². The fraction of sp³-hybridized carbons (Fsp3) is 0.333. The smallest absolute Gasteiger partial charge is 0.256 e. The molecule has 8 heteroatoms. The van der Waals surface area contributed by atoms with E-state index in [1.807, 2.05) is 23.1 Å². The molecule has 0 saturated carbocycles. The summed E-state index contributed by atoms with van der Waals surface area (Å²) in [5.41, 5.74) is 1.74. The number of anilines is 1. The van der Waals surface area contributed by atoms with Crippen LogP contribution in [0.1, 0.15) is 0 Å². The molecule has 3 aliphatic rings. The summed E-state index contributed by atoms with van der Waals surface area (Å²) in [6.07, 6.45) is 4.96. The molecule has 1 aromatic rings. The lowest BCUT2D eigenvalue weighted by atomic mass is 10.1. The van der Waals surface area contributed by atoms with Gasteiger partial charge in [0.15, 0.2) is 0 Å². The molecule has 0 N–H and O–H groups in total. The summed E-state index contributed by atoms with van der Waals surface area (Å²) in [6, 6.07) is 10.2. The van der Waals surface area contributed by atoms with Crippen LogP contribution in [0.25, 0.3) is 0 Å². The number of benzene rings is 1. The summed E-state index contributed by atoms with van der Waals surface area (Å²) < 4.78 is 26.9. The summed E-state index contributed by atoms with van der Waals surface area (Å²) in [6.45, 7) is 3.23. The Hall–Kier alpha value is -2.61. The molecule has 1 fully saturated rings. The first kappa shape index (κ1) is 16.8. The summed E-state index contributed by atoms with van der Waals surface area (Å²) in [5.74, 6) is 0.320. The van der Waals surface area contributed by atoms with E-state index in [0.717, 1.165) is 13.1 Å². The third-order valence-corrected chi connectivity index (χ3v) is 5.92. The van der Waals surface area contributed by atoms with Gasteiger partial charge in [-0.05, 0) is 24.3 Å². The maximum Gasteiger partial charge on any atom is 0.256 e. The van der Waals surface area contributed by atoms with Crippen molar-refractivity contribution in [1.82, 2.24) is 9.80 Å². The van der Waals surface area contributed by atoms with Crippen LogP contribution in [0.2, 0.25) is 0 Å². The molecule has 1 aromatic carbocycles. The van der Waals surface area contributed by atoms with Crippen LogP contribution >= 0.6 is 0 Å². The van der Waals surface area contributed by atoms with Gasteiger partial charge in [-0.1, -0.05) is 18.2 Å². The molecule has 1 amide bonds. The van der Waals surface area contributed by atoms with E-state index in [9.17, 15) is 13.2 Å². The molecule has 7 nitrogen and oxygen atoms in total. The predicted molar refractivity (Wildman–Crippen MR) is 100 cm³/mol. The minimum absolute atomic E-state index is 0.0264. The molecule has 136 valence electrons. The van der Waals surface area contributed by atoms with Crippen molar-refractivity contribution in [1.29, 1.82) is 0 Å². The van der Waals surface area contributed by atoms with Crippen LogP contribution in [-0.2, 0) is 14.8 Å². The van der Waals surface area contributed by atoms with Crippen molar-refractivity contribution in [2.24, 2.45) is 4.40 Å². The molecule has 0 aliphatic carbocycles. The van der Waals surface area contributed by atoms with E-state index in [0.29, 0.717) is 31.0 Å². The quantitative estimate of drug-likeness (QED) is 0.769. The molecule has 3 aliphatic heterocycles. The van der Waals surface area contributed by atoms with Gasteiger partial charge in [0.05, 0.1) is 11.3 Å². The van der Waals surface area contributed by atoms with Crippen molar-refractivity contribution in [3.05, 3.63) is 54.3 Å². The number of carbonyl (C=O) groups excluding carboxylic acids is 1. The molecule has 1 saturated heterocycles. The largest absolute Gasteiger partial charge is 0.368 e. The number of amides is 1. The molecule has 3 heterocycles. The zero-order chi connectivity index (χ0) is 18.1. The second-order valence-electron chi connectivity index (χ2n) is 6.46. The molecule has 0 aromatic heterocycles. The van der Waals surface area contributed by atoms with Crippen molar-refractivity contribution in [2.45, 2.75) is 0 Å². The highest BCUT2D eigenvalue weighted by atomic mass is 32.2. The van der Waals surface area contributed by atoms with Gasteiger partial charge in [-0.3, -0.25) is 4.79 Å². The molecule has 26 heavy (non-hydrogen) atoms. The van der Waals surface area contributed by atoms with E-state index >= 15 is 0 Å². The molecular formula is C18H20N4O3S. The maximum atomic E-state index is 12.8. The van der Waals surface area contributed by atoms with Gasteiger partial charge in [0.2, 0.25) is 0 Å². The molecule has 0 radical (unpaired) electrons. The number of rotatable bonds is 2. The third-order valence-electron chi connectivity index (χ3n) is 4.76. The van der Waals surface area contributed by atoms with Crippen LogP contribution in [0.5, 0.6) is 0 Å². The minimum atomic E-state index is -3.38. The van der Waals surface area contributed by atoms with Gasteiger partial charge in [0.25, 0.3) is 15.9 Å². The highest BCUT2D eigenvalue weighted by molar-refractivity contribution is 7.90. The van der Waals surface area contributed by atoms with Crippen LogP contribution in [0, 0.1) is 0 Å². The van der Waals surface area contributed by atoms with Crippen molar-refractivity contribution in [3.8, 4) is 0 Å². The lowest BCUT2D eigenvalue weighted by Gasteiger charge is -2.37. The number of hydrogen-bond donors (Lipinski definition) is 0. The van der Waals surface area contributed by atoms with Gasteiger partial charge in [-0.15, -0.1) is 4.40 Å². The molecule has 4 rings (SSSR count). The molecule has 0 bridgehead atoms. The number of fused-ring (bicyclic) bond motifs is 1. The second kappa shape index (κ2) is 6.60. The first-order valence-corrected chi connectivity index (χ1v) is 10.2. The third kappa shape index (κ3) is 3.37. The fourth-order valence-electron chi connectivity index (χ4n) is 3.32. The van der Waals surface area contributed by atoms with E-state index in [-0.39, 0.29) is 11.7 Å². The fourth-order valence-corrected chi connectivity index (χ4v) is 4.29. The number of amidine groups is 1. The first-order chi connectivity index (χ1) is 12.5. The number of nitrogens with zero attached hydrogens (tertiary/aromatic N) is 4. The van der Waals surface area contributed by atoms with Crippen molar-refractivity contribution in [3.63, 3.8) is 0 Å². The topological polar surface area (TPSA) is 73.3 Å². The number of carbonyl (C=O) groups is 1. The highest BCUT2D eigenvalue weighted by Crippen LogP contribution is 2.20. The zero-order valence-electron chi connectivity index (χ0n) is 14.3. The van der Waals surface area contributed by atoms with E-state index < -0.39 is 10.0 Å². The van der Waals surface area contributed by atoms with Crippen molar-refractivity contribution >= 4 is 27.5 Å². The Labute approximate surface area is 153 Å². The van der Waals surface area contributed by atoms with Gasteiger partial charge in [0.1, 0.15) is 5.84 Å². The maximum absolute atomic E-state index is 12.8. The monoisotopic (exact) mass is 372 g/mol. The van der Waals surface area contributed by atoms with Crippen LogP contribution in [0.4, 0.5) is 5.69 Å². The van der Waals surface area contributed by atoms with E-state index in [4.69, 9.17) is 0 Å². The SMILES string of the molecule is O=C(C1=CN2CCS(=O)(=O)N=C2C=C1)N1CCN(c2ccccc2)CC1. The van der Waals surface area contributed by atoms with Crippen LogP contribution in [0.3, 0.4) is 0 Å². The number of sulfonamides is 1. The van der Waals surface area contributed by atoms with Crippen LogP contribution < -0.4 is 4.90 Å². The van der Waals surface area contributed by atoms with Crippen molar-refractivity contribution < 1.29 is 13.2 Å². The Morgan fingerprint density at radius 2 is 1.69 bits per heavy atom. The average Bonchev–Trinajstić information content (AvgIpc) is 2.67. The summed E-state index contributed by atoms with van der Waals surface area (Å²) in [4.78, 5) is 18.7. The van der Waals surface area contributed by atoms with Gasteiger partial charge in [-0.2, -0.15) is 0 Å². The molecule has 0 atom stereocenters. The molecular weight excluding hydrogens is 352 g/mol. The number of hydrogen-bond acceptors (Lipinski definition) is 5. The van der Waals surface area contributed by atoms with E-state index in [2.05, 4.69) is 21.4 Å². The van der Waals surface area contributed by atoms with Gasteiger partial charge >= 0.3 is 0 Å². The predicted octanol–water partition coefficient (Wildman–Crippen LogP) is 0.833. The Kier molecular flexibility index (Phi) is 4.28. The normalized spacial score (nSPS) is 21.8. The number of para-hydroxylation sites is 1. The summed E-state index contributed by atoms with van der Waals surface area (Å²) >= 11 is 0. The Morgan fingerprint density at radius 1 is 0.962 bits per heavy atom. The zero-order valence-corrected chi connectivity index (χ0v) is 15.1. The van der Waals surface area contributed by atoms with Crippen LogP contribution in [-0.4, -0.2) is 68.4 Å². The average molecular weight is 372 g/mol. The standard InChI is InChI=1S/C18H20N4O3S/c23-18(15-6-7-17-19-26(24,25)13-12-22(17)14-15)21-10-8-20(9-11-21)16-4-2-1-3-5-16/h1-7,14H,8-13H2. The van der Waals surface area contributed by atoms with Gasteiger partial charge in [-0.25, -0.2) is 8.42 Å². The summed E-state index contributed by atoms with van der Waals surface area (Å²) in [5, 5.41) is 0. The van der Waals surface area contributed by atoms with Crippen LogP contribution in [0.15, 0.2) is 58.7 Å². The first-order valence-electron chi connectivity index (χ1n) is 8.60. The second-order valence-corrected chi connectivity index (χ2v) is 8.22. The van der Waals surface area contributed by atoms with Gasteiger partial charge < -0.3 is 14.7 Å². The lowest BCUT2D eigenvalue weighted by Crippen LogP contribution is -2.49. The lowest BCUT2D eigenvalue weighted by molar-refractivity contribution is -0.127. The molecule has 0 unspecified atom stereocenters.